The van der Waals surface area contributed by atoms with Crippen molar-refractivity contribution in [2.45, 2.75) is 18.9 Å². The summed E-state index contributed by atoms with van der Waals surface area (Å²) >= 11 is 11.8. The van der Waals surface area contributed by atoms with Gasteiger partial charge in [0.05, 0.1) is 0 Å². The van der Waals surface area contributed by atoms with Crippen molar-refractivity contribution < 1.29 is 9.53 Å². The third-order valence-electron chi connectivity index (χ3n) is 4.50. The van der Waals surface area contributed by atoms with E-state index in [9.17, 15) is 4.79 Å². The zero-order valence-electron chi connectivity index (χ0n) is 14.5. The minimum absolute atomic E-state index is 0.0583. The number of carbonyl (C=O) groups excluding carboxylic acids is 1. The molecule has 2 aromatic rings. The number of ether oxygens (including phenoxy) is 1. The van der Waals surface area contributed by atoms with Gasteiger partial charge in [0.1, 0.15) is 12.4 Å². The van der Waals surface area contributed by atoms with Gasteiger partial charge in [-0.25, -0.2) is 0 Å². The number of carbonyl (C=O) groups is 1. The number of benzene rings is 2. The summed E-state index contributed by atoms with van der Waals surface area (Å²) in [5, 5.41) is 4.39. The lowest BCUT2D eigenvalue weighted by atomic mass is 10.0. The molecular weight excluding hydrogens is 371 g/mol. The molecule has 1 heterocycles. The zero-order chi connectivity index (χ0) is 18.4. The van der Waals surface area contributed by atoms with Crippen molar-refractivity contribution in [1.82, 2.24) is 10.2 Å². The SMILES string of the molecule is O=C(NC1CCN(CCOc2ccc(Cl)cc2)CC1)c1cccc(Cl)c1. The van der Waals surface area contributed by atoms with E-state index in [2.05, 4.69) is 10.2 Å². The minimum atomic E-state index is -0.0583. The molecular formula is C20H22Cl2N2O2. The maximum atomic E-state index is 12.3. The maximum Gasteiger partial charge on any atom is 0.251 e. The Kier molecular flexibility index (Phi) is 6.78. The summed E-state index contributed by atoms with van der Waals surface area (Å²) in [6.07, 6.45) is 1.88. The first-order valence-corrected chi connectivity index (χ1v) is 9.53. The molecule has 3 rings (SSSR count). The van der Waals surface area contributed by atoms with Crippen LogP contribution in [0.2, 0.25) is 10.0 Å². The van der Waals surface area contributed by atoms with Gasteiger partial charge in [-0.2, -0.15) is 0 Å². The van der Waals surface area contributed by atoms with Crippen LogP contribution in [-0.2, 0) is 0 Å². The van der Waals surface area contributed by atoms with Crippen LogP contribution in [0, 0.1) is 0 Å². The molecule has 138 valence electrons. The molecule has 4 nitrogen and oxygen atoms in total. The molecule has 1 aliphatic heterocycles. The molecule has 1 fully saturated rings. The summed E-state index contributed by atoms with van der Waals surface area (Å²) in [5.74, 6) is 0.773. The Balaban J connectivity index is 1.37. The molecule has 0 bridgehead atoms. The van der Waals surface area contributed by atoms with Crippen molar-refractivity contribution in [2.75, 3.05) is 26.2 Å². The fourth-order valence-corrected chi connectivity index (χ4v) is 3.34. The van der Waals surface area contributed by atoms with Gasteiger partial charge in [-0.3, -0.25) is 9.69 Å². The van der Waals surface area contributed by atoms with E-state index in [4.69, 9.17) is 27.9 Å². The number of hydrogen-bond acceptors (Lipinski definition) is 3. The molecule has 1 saturated heterocycles. The van der Waals surface area contributed by atoms with Crippen molar-refractivity contribution in [1.29, 1.82) is 0 Å². The van der Waals surface area contributed by atoms with Crippen LogP contribution in [0.25, 0.3) is 0 Å². The predicted molar refractivity (Wildman–Crippen MR) is 105 cm³/mol. The molecule has 0 atom stereocenters. The van der Waals surface area contributed by atoms with E-state index < -0.39 is 0 Å². The average Bonchev–Trinajstić information content (AvgIpc) is 2.65. The number of halogens is 2. The van der Waals surface area contributed by atoms with Crippen LogP contribution >= 0.6 is 23.2 Å². The molecule has 0 aromatic heterocycles. The molecule has 26 heavy (non-hydrogen) atoms. The van der Waals surface area contributed by atoms with Gasteiger partial charge in [0.25, 0.3) is 5.91 Å². The normalized spacial score (nSPS) is 15.6. The van der Waals surface area contributed by atoms with E-state index in [0.717, 1.165) is 38.2 Å². The van der Waals surface area contributed by atoms with Gasteiger partial charge in [0.15, 0.2) is 0 Å². The van der Waals surface area contributed by atoms with Gasteiger partial charge < -0.3 is 10.1 Å². The van der Waals surface area contributed by atoms with Crippen LogP contribution in [-0.4, -0.2) is 43.1 Å². The topological polar surface area (TPSA) is 41.6 Å². The average molecular weight is 393 g/mol. The second kappa shape index (κ2) is 9.26. The summed E-state index contributed by atoms with van der Waals surface area (Å²) in [4.78, 5) is 14.6. The molecule has 2 aromatic carbocycles. The van der Waals surface area contributed by atoms with E-state index in [-0.39, 0.29) is 11.9 Å². The number of nitrogens with zero attached hydrogens (tertiary/aromatic N) is 1. The number of likely N-dealkylation sites (tertiary alicyclic amines) is 1. The van der Waals surface area contributed by atoms with Crippen LogP contribution in [0.4, 0.5) is 0 Å². The van der Waals surface area contributed by atoms with Gasteiger partial charge in [-0.05, 0) is 55.3 Å². The summed E-state index contributed by atoms with van der Waals surface area (Å²) in [6.45, 7) is 3.41. The Morgan fingerprint density at radius 2 is 1.81 bits per heavy atom. The van der Waals surface area contributed by atoms with Crippen LogP contribution < -0.4 is 10.1 Å². The van der Waals surface area contributed by atoms with E-state index in [1.54, 1.807) is 24.3 Å². The lowest BCUT2D eigenvalue weighted by Crippen LogP contribution is -2.45. The van der Waals surface area contributed by atoms with Crippen molar-refractivity contribution in [2.24, 2.45) is 0 Å². The molecule has 0 aliphatic carbocycles. The van der Waals surface area contributed by atoms with Gasteiger partial charge in [0, 0.05) is 41.3 Å². The summed E-state index contributed by atoms with van der Waals surface area (Å²) in [6, 6.07) is 14.6. The van der Waals surface area contributed by atoms with Crippen molar-refractivity contribution >= 4 is 29.1 Å². The number of amides is 1. The van der Waals surface area contributed by atoms with Gasteiger partial charge >= 0.3 is 0 Å². The third kappa shape index (κ3) is 5.63. The maximum absolute atomic E-state index is 12.3. The fourth-order valence-electron chi connectivity index (χ4n) is 3.02. The Morgan fingerprint density at radius 1 is 1.08 bits per heavy atom. The first-order valence-electron chi connectivity index (χ1n) is 8.77. The highest BCUT2D eigenvalue weighted by Gasteiger charge is 2.21. The minimum Gasteiger partial charge on any atom is -0.492 e. The van der Waals surface area contributed by atoms with Gasteiger partial charge in [-0.1, -0.05) is 29.3 Å². The van der Waals surface area contributed by atoms with E-state index in [1.807, 2.05) is 24.3 Å². The lowest BCUT2D eigenvalue weighted by Gasteiger charge is -2.32. The van der Waals surface area contributed by atoms with E-state index in [0.29, 0.717) is 22.2 Å². The number of hydrogen-bond donors (Lipinski definition) is 1. The van der Waals surface area contributed by atoms with Crippen molar-refractivity contribution in [3.63, 3.8) is 0 Å². The third-order valence-corrected chi connectivity index (χ3v) is 4.99. The smallest absolute Gasteiger partial charge is 0.251 e. The first-order chi connectivity index (χ1) is 12.6. The predicted octanol–water partition coefficient (Wildman–Crippen LogP) is 4.27. The molecule has 0 radical (unpaired) electrons. The van der Waals surface area contributed by atoms with Crippen LogP contribution in [0.3, 0.4) is 0 Å². The lowest BCUT2D eigenvalue weighted by molar-refractivity contribution is 0.0905. The second-order valence-electron chi connectivity index (χ2n) is 6.40. The highest BCUT2D eigenvalue weighted by molar-refractivity contribution is 6.31. The van der Waals surface area contributed by atoms with Crippen LogP contribution in [0.15, 0.2) is 48.5 Å². The zero-order valence-corrected chi connectivity index (χ0v) is 16.0. The van der Waals surface area contributed by atoms with Gasteiger partial charge in [-0.15, -0.1) is 0 Å². The molecule has 1 amide bonds. The standard InChI is InChI=1S/C20H22Cl2N2O2/c21-16-4-6-19(7-5-16)26-13-12-24-10-8-18(9-11-24)23-20(25)15-2-1-3-17(22)14-15/h1-7,14,18H,8-13H2,(H,23,25). The highest BCUT2D eigenvalue weighted by atomic mass is 35.5. The van der Waals surface area contributed by atoms with E-state index >= 15 is 0 Å². The van der Waals surface area contributed by atoms with E-state index in [1.165, 1.54) is 0 Å². The molecule has 0 spiro atoms. The molecule has 0 saturated carbocycles. The van der Waals surface area contributed by atoms with Gasteiger partial charge in [0.2, 0.25) is 0 Å². The quantitative estimate of drug-likeness (QED) is 0.797. The molecule has 1 aliphatic rings. The monoisotopic (exact) mass is 392 g/mol. The number of piperidine rings is 1. The molecule has 6 heteroatoms. The first kappa shape index (κ1) is 19.0. The fraction of sp³-hybridized carbons (Fsp3) is 0.350. The second-order valence-corrected chi connectivity index (χ2v) is 7.27. The molecule has 0 unspecified atom stereocenters. The number of rotatable bonds is 6. The van der Waals surface area contributed by atoms with Crippen LogP contribution in [0.5, 0.6) is 5.75 Å². The Bertz CT molecular complexity index is 729. The highest BCUT2D eigenvalue weighted by Crippen LogP contribution is 2.16. The summed E-state index contributed by atoms with van der Waals surface area (Å²) in [5.41, 5.74) is 0.608. The Labute approximate surface area is 164 Å². The van der Waals surface area contributed by atoms with Crippen LogP contribution in [0.1, 0.15) is 23.2 Å². The Morgan fingerprint density at radius 3 is 2.50 bits per heavy atom. The van der Waals surface area contributed by atoms with Crippen molar-refractivity contribution in [3.05, 3.63) is 64.1 Å². The number of nitrogens with one attached hydrogen (secondary N) is 1. The van der Waals surface area contributed by atoms with Crippen molar-refractivity contribution in [3.8, 4) is 5.75 Å². The Hall–Kier alpha value is -1.75. The largest absolute Gasteiger partial charge is 0.492 e. The summed E-state index contributed by atoms with van der Waals surface area (Å²) in [7, 11) is 0. The molecule has 1 N–H and O–H groups in total. The summed E-state index contributed by atoms with van der Waals surface area (Å²) < 4.78 is 5.74.